The van der Waals surface area contributed by atoms with Gasteiger partial charge in [-0.1, -0.05) is 20.8 Å². The molecule has 0 spiro atoms. The van der Waals surface area contributed by atoms with Crippen molar-refractivity contribution < 1.29 is 19.1 Å². The molecular weight excluding hydrogens is 296 g/mol. The molecule has 0 radical (unpaired) electrons. The smallest absolute Gasteiger partial charge is 0.220 e. The van der Waals surface area contributed by atoms with Crippen molar-refractivity contribution in [1.29, 1.82) is 0 Å². The van der Waals surface area contributed by atoms with E-state index in [4.69, 9.17) is 4.74 Å². The van der Waals surface area contributed by atoms with Crippen LogP contribution in [-0.2, 0) is 19.1 Å². The number of Topliss-reactive ketones (excluding diaryl/α,β-unsaturated/α-hetero) is 1. The molecule has 0 saturated carbocycles. The van der Waals surface area contributed by atoms with E-state index in [1.165, 1.54) is 0 Å². The average Bonchev–Trinajstić information content (AvgIpc) is 2.52. The van der Waals surface area contributed by atoms with Crippen LogP contribution in [0.25, 0.3) is 0 Å². The number of nitrogens with one attached hydrogen (secondary N) is 2. The summed E-state index contributed by atoms with van der Waals surface area (Å²) in [5, 5.41) is 5.61. The van der Waals surface area contributed by atoms with Crippen molar-refractivity contribution in [1.82, 2.24) is 10.6 Å². The van der Waals surface area contributed by atoms with Crippen LogP contribution in [0.3, 0.4) is 0 Å². The molecule has 0 heterocycles. The lowest BCUT2D eigenvalue weighted by Gasteiger charge is -2.07. The van der Waals surface area contributed by atoms with Gasteiger partial charge in [0.15, 0.2) is 0 Å². The second kappa shape index (κ2) is 14.2. The Balaban J connectivity index is 3.33. The Morgan fingerprint density at radius 2 is 1.43 bits per heavy atom. The fraction of sp³-hybridized carbons (Fsp3) is 0.824. The van der Waals surface area contributed by atoms with Crippen LogP contribution in [0.5, 0.6) is 0 Å². The quantitative estimate of drug-likeness (QED) is 0.476. The van der Waals surface area contributed by atoms with Crippen molar-refractivity contribution in [2.75, 3.05) is 26.3 Å². The van der Waals surface area contributed by atoms with Gasteiger partial charge in [0.1, 0.15) is 5.78 Å². The van der Waals surface area contributed by atoms with E-state index in [9.17, 15) is 14.4 Å². The first-order chi connectivity index (χ1) is 11.0. The lowest BCUT2D eigenvalue weighted by Crippen LogP contribution is -2.25. The normalized spacial score (nSPS) is 10.6. The van der Waals surface area contributed by atoms with Crippen molar-refractivity contribution in [2.24, 2.45) is 5.92 Å². The maximum absolute atomic E-state index is 11.6. The summed E-state index contributed by atoms with van der Waals surface area (Å²) in [5.41, 5.74) is 0. The summed E-state index contributed by atoms with van der Waals surface area (Å²) in [5.74, 6) is 0.304. The third-order valence-electron chi connectivity index (χ3n) is 3.37. The van der Waals surface area contributed by atoms with E-state index in [1.807, 2.05) is 20.8 Å². The Kier molecular flexibility index (Phi) is 13.3. The molecule has 0 bridgehead atoms. The zero-order chi connectivity index (χ0) is 17.5. The topological polar surface area (TPSA) is 84.5 Å². The largest absolute Gasteiger partial charge is 0.381 e. The van der Waals surface area contributed by atoms with Crippen LogP contribution in [0.1, 0.15) is 59.3 Å². The maximum atomic E-state index is 11.6. The summed E-state index contributed by atoms with van der Waals surface area (Å²) in [6, 6.07) is 0. The first-order valence-electron chi connectivity index (χ1n) is 8.61. The number of hydrogen-bond acceptors (Lipinski definition) is 4. The maximum Gasteiger partial charge on any atom is 0.220 e. The fourth-order valence-corrected chi connectivity index (χ4v) is 1.83. The average molecular weight is 328 g/mol. The molecule has 0 atom stereocenters. The molecule has 6 heteroatoms. The van der Waals surface area contributed by atoms with Crippen LogP contribution < -0.4 is 10.6 Å². The van der Waals surface area contributed by atoms with E-state index in [0.29, 0.717) is 52.0 Å². The minimum atomic E-state index is -0.0103. The molecule has 0 aliphatic rings. The highest BCUT2D eigenvalue weighted by molar-refractivity contribution is 5.81. The van der Waals surface area contributed by atoms with E-state index >= 15 is 0 Å². The molecule has 23 heavy (non-hydrogen) atoms. The molecule has 0 unspecified atom stereocenters. The van der Waals surface area contributed by atoms with E-state index < -0.39 is 0 Å². The molecule has 0 saturated heterocycles. The lowest BCUT2D eigenvalue weighted by molar-refractivity contribution is -0.123. The third kappa shape index (κ3) is 13.9. The molecule has 134 valence electrons. The number of rotatable bonds is 14. The van der Waals surface area contributed by atoms with Crippen LogP contribution in [0, 0.1) is 5.92 Å². The molecule has 0 rings (SSSR count). The third-order valence-corrected chi connectivity index (χ3v) is 3.37. The Labute approximate surface area is 139 Å². The molecule has 0 fully saturated rings. The molecule has 2 N–H and O–H groups in total. The van der Waals surface area contributed by atoms with Gasteiger partial charge in [-0.05, 0) is 19.3 Å². The van der Waals surface area contributed by atoms with Crippen molar-refractivity contribution in [2.45, 2.75) is 59.3 Å². The minimum absolute atomic E-state index is 0.0103. The number of carbonyl (C=O) groups excluding carboxylic acids is 3. The van der Waals surface area contributed by atoms with Gasteiger partial charge in [-0.15, -0.1) is 0 Å². The summed E-state index contributed by atoms with van der Waals surface area (Å²) >= 11 is 0. The molecule has 0 aromatic carbocycles. The van der Waals surface area contributed by atoms with Gasteiger partial charge in [0.05, 0.1) is 0 Å². The highest BCUT2D eigenvalue weighted by Crippen LogP contribution is 2.04. The molecule has 0 aliphatic heterocycles. The van der Waals surface area contributed by atoms with Crippen LogP contribution in [0.2, 0.25) is 0 Å². The van der Waals surface area contributed by atoms with E-state index in [0.717, 1.165) is 12.8 Å². The molecule has 2 amide bonds. The summed E-state index contributed by atoms with van der Waals surface area (Å²) in [7, 11) is 0. The predicted octanol–water partition coefficient (Wildman–Crippen LogP) is 1.82. The van der Waals surface area contributed by atoms with Crippen molar-refractivity contribution in [3.8, 4) is 0 Å². The van der Waals surface area contributed by atoms with Gasteiger partial charge in [0, 0.05) is 51.5 Å². The Morgan fingerprint density at radius 1 is 0.870 bits per heavy atom. The molecular formula is C17H32N2O4. The SMILES string of the molecule is CCC(=O)NCCCOCCCNC(=O)CCCC(=O)C(C)C. The van der Waals surface area contributed by atoms with Gasteiger partial charge in [0.25, 0.3) is 0 Å². The Hall–Kier alpha value is -1.43. The minimum Gasteiger partial charge on any atom is -0.381 e. The standard InChI is InChI=1S/C17H32N2O4/c1-4-16(21)18-10-6-12-23-13-7-11-19-17(22)9-5-8-15(20)14(2)3/h14H,4-13H2,1-3H3,(H,18,21)(H,19,22). The van der Waals surface area contributed by atoms with E-state index in [-0.39, 0.29) is 23.5 Å². The van der Waals surface area contributed by atoms with Crippen LogP contribution in [0.4, 0.5) is 0 Å². The van der Waals surface area contributed by atoms with Crippen molar-refractivity contribution >= 4 is 17.6 Å². The first kappa shape index (κ1) is 21.6. The van der Waals surface area contributed by atoms with Gasteiger partial charge in [-0.3, -0.25) is 14.4 Å². The zero-order valence-electron chi connectivity index (χ0n) is 14.8. The second-order valence-electron chi connectivity index (χ2n) is 5.85. The molecule has 0 aliphatic carbocycles. The van der Waals surface area contributed by atoms with Gasteiger partial charge < -0.3 is 15.4 Å². The Morgan fingerprint density at radius 3 is 1.96 bits per heavy atom. The van der Waals surface area contributed by atoms with Crippen LogP contribution in [0.15, 0.2) is 0 Å². The molecule has 6 nitrogen and oxygen atoms in total. The summed E-state index contributed by atoms with van der Waals surface area (Å²) in [4.78, 5) is 34.0. The second-order valence-corrected chi connectivity index (χ2v) is 5.85. The van der Waals surface area contributed by atoms with Gasteiger partial charge >= 0.3 is 0 Å². The number of carbonyl (C=O) groups is 3. The fourth-order valence-electron chi connectivity index (χ4n) is 1.83. The monoisotopic (exact) mass is 328 g/mol. The Bertz CT molecular complexity index is 357. The van der Waals surface area contributed by atoms with E-state index in [1.54, 1.807) is 0 Å². The summed E-state index contributed by atoms with van der Waals surface area (Å²) in [6.45, 7) is 7.99. The molecule has 0 aromatic rings. The van der Waals surface area contributed by atoms with E-state index in [2.05, 4.69) is 10.6 Å². The van der Waals surface area contributed by atoms with Crippen molar-refractivity contribution in [3.63, 3.8) is 0 Å². The van der Waals surface area contributed by atoms with Gasteiger partial charge in [0.2, 0.25) is 11.8 Å². The number of ketones is 1. The zero-order valence-corrected chi connectivity index (χ0v) is 14.8. The van der Waals surface area contributed by atoms with Gasteiger partial charge in [-0.25, -0.2) is 0 Å². The van der Waals surface area contributed by atoms with Crippen LogP contribution in [-0.4, -0.2) is 43.9 Å². The number of ether oxygens (including phenoxy) is 1. The van der Waals surface area contributed by atoms with Crippen LogP contribution >= 0.6 is 0 Å². The highest BCUT2D eigenvalue weighted by Gasteiger charge is 2.08. The van der Waals surface area contributed by atoms with Gasteiger partial charge in [-0.2, -0.15) is 0 Å². The first-order valence-corrected chi connectivity index (χ1v) is 8.61. The predicted molar refractivity (Wildman–Crippen MR) is 90.1 cm³/mol. The number of amides is 2. The lowest BCUT2D eigenvalue weighted by atomic mass is 10.0. The number of hydrogen-bond donors (Lipinski definition) is 2. The summed E-state index contributed by atoms with van der Waals surface area (Å²) < 4.78 is 5.42. The summed E-state index contributed by atoms with van der Waals surface area (Å²) in [6.07, 6.45) is 3.55. The highest BCUT2D eigenvalue weighted by atomic mass is 16.5. The molecule has 0 aromatic heterocycles. The van der Waals surface area contributed by atoms with Crippen molar-refractivity contribution in [3.05, 3.63) is 0 Å².